The summed E-state index contributed by atoms with van der Waals surface area (Å²) in [4.78, 5) is 0. The summed E-state index contributed by atoms with van der Waals surface area (Å²) in [5, 5.41) is 0. The molecule has 0 aliphatic heterocycles. The van der Waals surface area contributed by atoms with E-state index in [1.54, 1.807) is 0 Å². The van der Waals surface area contributed by atoms with E-state index in [0.717, 1.165) is 31.6 Å². The van der Waals surface area contributed by atoms with Crippen LogP contribution in [0.5, 0.6) is 0 Å². The molecule has 0 heterocycles. The topological polar surface area (TPSA) is 26.0 Å². The maximum absolute atomic E-state index is 13.9. The largest absolute Gasteiger partial charge is 0.324 e. The van der Waals surface area contributed by atoms with Crippen LogP contribution in [0.1, 0.15) is 50.6 Å². The van der Waals surface area contributed by atoms with Crippen molar-refractivity contribution < 1.29 is 8.78 Å². The van der Waals surface area contributed by atoms with Gasteiger partial charge < -0.3 is 5.73 Å². The molecule has 0 spiro atoms. The third-order valence-corrected chi connectivity index (χ3v) is 4.81. The second kappa shape index (κ2) is 6.31. The van der Waals surface area contributed by atoms with E-state index in [-0.39, 0.29) is 11.5 Å². The lowest BCUT2D eigenvalue weighted by molar-refractivity contribution is 0.235. The molecule has 2 N–H and O–H groups in total. The van der Waals surface area contributed by atoms with Crippen LogP contribution in [0, 0.1) is 23.5 Å². The molecule has 0 bridgehead atoms. The van der Waals surface area contributed by atoms with Gasteiger partial charge in [-0.1, -0.05) is 42.1 Å². The van der Waals surface area contributed by atoms with Crippen molar-refractivity contribution in [1.82, 2.24) is 0 Å². The molecule has 1 fully saturated rings. The Bertz CT molecular complexity index is 419. The number of hydrogen-bond donors (Lipinski definition) is 1. The van der Waals surface area contributed by atoms with Gasteiger partial charge in [0.25, 0.3) is 0 Å². The summed E-state index contributed by atoms with van der Waals surface area (Å²) in [5.74, 6) is -0.148. The lowest BCUT2D eigenvalue weighted by Crippen LogP contribution is -2.27. The Labute approximate surface area is 121 Å². The molecular weight excluding hydrogens is 312 g/mol. The molecule has 106 valence electrons. The number of halogens is 3. The molecule has 4 heteroatoms. The predicted molar refractivity (Wildman–Crippen MR) is 76.7 cm³/mol. The van der Waals surface area contributed by atoms with E-state index in [1.807, 2.05) is 0 Å². The summed E-state index contributed by atoms with van der Waals surface area (Å²) in [7, 11) is 0. The van der Waals surface area contributed by atoms with Crippen molar-refractivity contribution in [2.24, 2.45) is 17.6 Å². The van der Waals surface area contributed by atoms with E-state index in [0.29, 0.717) is 4.47 Å². The summed E-state index contributed by atoms with van der Waals surface area (Å²) in [6, 6.07) is 2.04. The fraction of sp³-hybridized carbons (Fsp3) is 0.600. The average molecular weight is 332 g/mol. The Kier molecular flexibility index (Phi) is 4.96. The predicted octanol–water partition coefficient (Wildman–Crippen LogP) is 4.94. The van der Waals surface area contributed by atoms with Crippen LogP contribution in [-0.4, -0.2) is 0 Å². The quantitative estimate of drug-likeness (QED) is 0.833. The summed E-state index contributed by atoms with van der Waals surface area (Å²) in [5.41, 5.74) is 6.16. The Hall–Kier alpha value is -0.480. The van der Waals surface area contributed by atoms with E-state index in [2.05, 4.69) is 22.9 Å². The second-order valence-corrected chi connectivity index (χ2v) is 6.41. The first kappa shape index (κ1) is 14.9. The highest BCUT2D eigenvalue weighted by Gasteiger charge is 2.29. The van der Waals surface area contributed by atoms with Crippen molar-refractivity contribution in [3.63, 3.8) is 0 Å². The van der Waals surface area contributed by atoms with Crippen LogP contribution >= 0.6 is 15.9 Å². The maximum atomic E-state index is 13.9. The minimum Gasteiger partial charge on any atom is -0.324 e. The Balaban J connectivity index is 2.14. The van der Waals surface area contributed by atoms with Crippen LogP contribution in [0.4, 0.5) is 8.78 Å². The first-order valence-corrected chi connectivity index (χ1v) is 7.72. The van der Waals surface area contributed by atoms with Crippen LogP contribution < -0.4 is 5.73 Å². The smallest absolute Gasteiger partial charge is 0.132 e. The van der Waals surface area contributed by atoms with E-state index in [9.17, 15) is 8.78 Å². The molecule has 0 aromatic heterocycles. The average Bonchev–Trinajstić information content (AvgIpc) is 2.37. The third-order valence-electron chi connectivity index (χ3n) is 4.35. The lowest BCUT2D eigenvalue weighted by Gasteiger charge is -2.32. The van der Waals surface area contributed by atoms with Gasteiger partial charge in [0.2, 0.25) is 0 Å². The van der Waals surface area contributed by atoms with Crippen LogP contribution in [-0.2, 0) is 0 Å². The van der Waals surface area contributed by atoms with Crippen molar-refractivity contribution in [3.05, 3.63) is 33.8 Å². The van der Waals surface area contributed by atoms with E-state index in [4.69, 9.17) is 5.73 Å². The fourth-order valence-electron chi connectivity index (χ4n) is 3.06. The highest BCUT2D eigenvalue weighted by Crippen LogP contribution is 2.38. The van der Waals surface area contributed by atoms with Gasteiger partial charge in [-0.3, -0.25) is 0 Å². The van der Waals surface area contributed by atoms with Crippen molar-refractivity contribution in [2.75, 3.05) is 0 Å². The van der Waals surface area contributed by atoms with Crippen molar-refractivity contribution >= 4 is 15.9 Å². The fourth-order valence-corrected chi connectivity index (χ4v) is 3.47. The molecule has 1 atom stereocenters. The number of benzene rings is 1. The SMILES string of the molecule is CCC1CCC(C(N)c2c(F)cc(Br)cc2F)CC1. The van der Waals surface area contributed by atoms with Crippen LogP contribution in [0.15, 0.2) is 16.6 Å². The van der Waals surface area contributed by atoms with Gasteiger partial charge in [-0.25, -0.2) is 8.78 Å². The Morgan fingerprint density at radius 2 is 1.74 bits per heavy atom. The maximum Gasteiger partial charge on any atom is 0.132 e. The molecule has 1 nitrogen and oxygen atoms in total. The third kappa shape index (κ3) is 3.34. The minimum absolute atomic E-state index is 0.0446. The van der Waals surface area contributed by atoms with Gasteiger partial charge in [-0.2, -0.15) is 0 Å². The second-order valence-electron chi connectivity index (χ2n) is 5.50. The summed E-state index contributed by atoms with van der Waals surface area (Å²) >= 11 is 3.09. The van der Waals surface area contributed by atoms with Crippen molar-refractivity contribution in [2.45, 2.75) is 45.1 Å². The first-order valence-electron chi connectivity index (χ1n) is 6.93. The molecule has 0 radical (unpaired) electrons. The molecule has 1 aromatic carbocycles. The molecule has 2 rings (SSSR count). The zero-order valence-electron chi connectivity index (χ0n) is 11.1. The molecule has 0 saturated heterocycles. The van der Waals surface area contributed by atoms with Gasteiger partial charge in [0.05, 0.1) is 0 Å². The van der Waals surface area contributed by atoms with Gasteiger partial charge in [0, 0.05) is 16.1 Å². The Morgan fingerprint density at radius 3 is 2.21 bits per heavy atom. The van der Waals surface area contributed by atoms with Gasteiger partial charge in [-0.05, 0) is 36.8 Å². The Morgan fingerprint density at radius 1 is 1.21 bits per heavy atom. The lowest BCUT2D eigenvalue weighted by atomic mass is 9.76. The van der Waals surface area contributed by atoms with Crippen LogP contribution in [0.25, 0.3) is 0 Å². The van der Waals surface area contributed by atoms with Gasteiger partial charge in [-0.15, -0.1) is 0 Å². The number of rotatable bonds is 3. The van der Waals surface area contributed by atoms with Gasteiger partial charge in [0.1, 0.15) is 11.6 Å². The molecule has 1 aliphatic carbocycles. The van der Waals surface area contributed by atoms with Gasteiger partial charge in [0.15, 0.2) is 0 Å². The molecule has 1 aromatic rings. The highest BCUT2D eigenvalue weighted by atomic mass is 79.9. The highest BCUT2D eigenvalue weighted by molar-refractivity contribution is 9.10. The van der Waals surface area contributed by atoms with Gasteiger partial charge >= 0.3 is 0 Å². The van der Waals surface area contributed by atoms with Crippen LogP contribution in [0.2, 0.25) is 0 Å². The van der Waals surface area contributed by atoms with E-state index in [1.165, 1.54) is 18.6 Å². The minimum atomic E-state index is -0.544. The zero-order chi connectivity index (χ0) is 14.0. The number of nitrogens with two attached hydrogens (primary N) is 1. The normalized spacial score (nSPS) is 25.3. The molecule has 19 heavy (non-hydrogen) atoms. The molecule has 1 saturated carbocycles. The summed E-state index contributed by atoms with van der Waals surface area (Å²) in [6.07, 6.45) is 5.36. The first-order chi connectivity index (χ1) is 9.02. The monoisotopic (exact) mass is 331 g/mol. The molecule has 0 amide bonds. The summed E-state index contributed by atoms with van der Waals surface area (Å²) < 4.78 is 28.2. The zero-order valence-corrected chi connectivity index (χ0v) is 12.7. The molecule has 1 aliphatic rings. The molecular formula is C15H20BrF2N. The summed E-state index contributed by atoms with van der Waals surface area (Å²) in [6.45, 7) is 2.19. The standard InChI is InChI=1S/C15H20BrF2N/c1-2-9-3-5-10(6-4-9)15(19)14-12(17)7-11(16)8-13(14)18/h7-10,15H,2-6,19H2,1H3. The number of hydrogen-bond acceptors (Lipinski definition) is 1. The van der Waals surface area contributed by atoms with E-state index < -0.39 is 17.7 Å². The van der Waals surface area contributed by atoms with Crippen molar-refractivity contribution in [1.29, 1.82) is 0 Å². The van der Waals surface area contributed by atoms with Crippen LogP contribution in [0.3, 0.4) is 0 Å². The molecule has 1 unspecified atom stereocenters. The van der Waals surface area contributed by atoms with E-state index >= 15 is 0 Å². The van der Waals surface area contributed by atoms with Crippen molar-refractivity contribution in [3.8, 4) is 0 Å².